The predicted molar refractivity (Wildman–Crippen MR) is 82.5 cm³/mol. The number of nitrogens with one attached hydrogen (secondary N) is 1. The van der Waals surface area contributed by atoms with E-state index in [4.69, 9.17) is 0 Å². The Hall–Kier alpha value is -1.94. The topological polar surface area (TPSA) is 15.3 Å². The van der Waals surface area contributed by atoms with E-state index < -0.39 is 0 Å². The lowest BCUT2D eigenvalue weighted by Gasteiger charge is -2.24. The van der Waals surface area contributed by atoms with Gasteiger partial charge in [0.2, 0.25) is 0 Å². The predicted octanol–water partition coefficient (Wildman–Crippen LogP) is 3.75. The van der Waals surface area contributed by atoms with Crippen LogP contribution < -0.4 is 10.2 Å². The van der Waals surface area contributed by atoms with E-state index >= 15 is 0 Å². The summed E-state index contributed by atoms with van der Waals surface area (Å²) in [6.07, 6.45) is 0.683. The van der Waals surface area contributed by atoms with Crippen LogP contribution in [-0.2, 0) is 0 Å². The molecule has 0 fully saturated rings. The van der Waals surface area contributed by atoms with Crippen LogP contribution in [0.2, 0.25) is 0 Å². The summed E-state index contributed by atoms with van der Waals surface area (Å²) >= 11 is 0. The summed E-state index contributed by atoms with van der Waals surface area (Å²) in [5.41, 5.74) is 1.20. The van der Waals surface area contributed by atoms with Crippen LogP contribution in [-0.4, -0.2) is 20.6 Å². The van der Waals surface area contributed by atoms with Crippen molar-refractivity contribution in [2.24, 2.45) is 0 Å². The summed E-state index contributed by atoms with van der Waals surface area (Å²) in [6.45, 7) is 0.626. The molecule has 2 rings (SSSR count). The molecule has 1 N–H and O–H groups in total. The van der Waals surface area contributed by atoms with Gasteiger partial charge in [0.15, 0.2) is 0 Å². The van der Waals surface area contributed by atoms with Crippen molar-refractivity contribution in [1.29, 1.82) is 0 Å². The second-order valence-electron chi connectivity index (χ2n) is 5.02. The van der Waals surface area contributed by atoms with Gasteiger partial charge in [0.1, 0.15) is 11.6 Å². The van der Waals surface area contributed by atoms with Gasteiger partial charge in [-0.25, -0.2) is 8.78 Å². The first-order valence-electron chi connectivity index (χ1n) is 7.01. The van der Waals surface area contributed by atoms with E-state index in [0.29, 0.717) is 24.2 Å². The van der Waals surface area contributed by atoms with Gasteiger partial charge in [-0.2, -0.15) is 0 Å². The van der Waals surface area contributed by atoms with Gasteiger partial charge >= 0.3 is 0 Å². The number of hydrogen-bond donors (Lipinski definition) is 1. The highest BCUT2D eigenvalue weighted by Crippen LogP contribution is 2.22. The van der Waals surface area contributed by atoms with Crippen LogP contribution in [0.1, 0.15) is 18.0 Å². The van der Waals surface area contributed by atoms with Crippen molar-refractivity contribution in [3.63, 3.8) is 0 Å². The van der Waals surface area contributed by atoms with Crippen LogP contribution >= 0.6 is 0 Å². The summed E-state index contributed by atoms with van der Waals surface area (Å²) in [7, 11) is 3.65. The zero-order chi connectivity index (χ0) is 15.2. The number of halogens is 2. The van der Waals surface area contributed by atoms with E-state index in [2.05, 4.69) is 5.32 Å². The highest BCUT2D eigenvalue weighted by molar-refractivity contribution is 5.46. The second-order valence-corrected chi connectivity index (χ2v) is 5.02. The molecule has 0 aromatic heterocycles. The number of anilines is 1. The number of hydrogen-bond acceptors (Lipinski definition) is 2. The SMILES string of the molecule is CNC(CCN(C)c1ccccc1F)c1ccccc1F. The van der Waals surface area contributed by atoms with Crippen LogP contribution in [0.3, 0.4) is 0 Å². The quantitative estimate of drug-likeness (QED) is 0.871. The molecule has 4 heteroatoms. The zero-order valence-corrected chi connectivity index (χ0v) is 12.3. The Bertz CT molecular complexity index is 587. The minimum absolute atomic E-state index is 0.0968. The lowest BCUT2D eigenvalue weighted by atomic mass is 10.0. The highest BCUT2D eigenvalue weighted by atomic mass is 19.1. The lowest BCUT2D eigenvalue weighted by Crippen LogP contribution is -2.26. The van der Waals surface area contributed by atoms with Gasteiger partial charge in [0, 0.05) is 25.2 Å². The molecule has 0 radical (unpaired) electrons. The van der Waals surface area contributed by atoms with Gasteiger partial charge in [-0.1, -0.05) is 30.3 Å². The van der Waals surface area contributed by atoms with Crippen LogP contribution in [0.4, 0.5) is 14.5 Å². The first-order valence-corrected chi connectivity index (χ1v) is 7.01. The molecule has 1 atom stereocenters. The average Bonchev–Trinajstić information content (AvgIpc) is 2.49. The molecule has 21 heavy (non-hydrogen) atoms. The Labute approximate surface area is 124 Å². The Kier molecular flexibility index (Phi) is 5.28. The number of rotatable bonds is 6. The monoisotopic (exact) mass is 290 g/mol. The Morgan fingerprint density at radius 3 is 2.24 bits per heavy atom. The summed E-state index contributed by atoms with van der Waals surface area (Å²) in [5, 5.41) is 3.12. The van der Waals surface area contributed by atoms with Crippen molar-refractivity contribution in [3.05, 3.63) is 65.7 Å². The van der Waals surface area contributed by atoms with E-state index in [-0.39, 0.29) is 17.7 Å². The normalized spacial score (nSPS) is 12.2. The molecule has 0 heterocycles. The molecule has 112 valence electrons. The second kappa shape index (κ2) is 7.18. The molecule has 1 unspecified atom stereocenters. The maximum Gasteiger partial charge on any atom is 0.146 e. The zero-order valence-electron chi connectivity index (χ0n) is 12.3. The molecule has 2 aromatic rings. The lowest BCUT2D eigenvalue weighted by molar-refractivity contribution is 0.508. The first-order chi connectivity index (χ1) is 10.1. The van der Waals surface area contributed by atoms with Crippen LogP contribution in [0, 0.1) is 11.6 Å². The molecule has 0 aliphatic heterocycles. The van der Waals surface area contributed by atoms with Crippen molar-refractivity contribution in [3.8, 4) is 0 Å². The van der Waals surface area contributed by atoms with Crippen LogP contribution in [0.15, 0.2) is 48.5 Å². The minimum atomic E-state index is -0.244. The third-order valence-corrected chi connectivity index (χ3v) is 3.65. The number of nitrogens with zero attached hydrogens (tertiary/aromatic N) is 1. The summed E-state index contributed by atoms with van der Waals surface area (Å²) < 4.78 is 27.5. The van der Waals surface area contributed by atoms with Crippen molar-refractivity contribution in [2.45, 2.75) is 12.5 Å². The molecular formula is C17H20F2N2. The fourth-order valence-corrected chi connectivity index (χ4v) is 2.42. The third kappa shape index (κ3) is 3.79. The number of para-hydroxylation sites is 1. The van der Waals surface area contributed by atoms with Gasteiger partial charge in [-0.05, 0) is 31.7 Å². The van der Waals surface area contributed by atoms with Gasteiger partial charge in [-0.3, -0.25) is 0 Å². The molecule has 0 aliphatic rings. The molecule has 2 nitrogen and oxygen atoms in total. The third-order valence-electron chi connectivity index (χ3n) is 3.65. The van der Waals surface area contributed by atoms with Crippen molar-refractivity contribution >= 4 is 5.69 Å². The molecule has 0 saturated carbocycles. The van der Waals surface area contributed by atoms with E-state index in [1.807, 2.05) is 18.0 Å². The van der Waals surface area contributed by atoms with E-state index in [1.165, 1.54) is 12.1 Å². The van der Waals surface area contributed by atoms with E-state index in [0.717, 1.165) is 0 Å². The Morgan fingerprint density at radius 1 is 1.00 bits per heavy atom. The van der Waals surface area contributed by atoms with Gasteiger partial charge in [0.25, 0.3) is 0 Å². The highest BCUT2D eigenvalue weighted by Gasteiger charge is 2.15. The first kappa shape index (κ1) is 15.4. The maximum absolute atomic E-state index is 13.8. The van der Waals surface area contributed by atoms with Gasteiger partial charge < -0.3 is 10.2 Å². The Balaban J connectivity index is 2.04. The molecular weight excluding hydrogens is 270 g/mol. The van der Waals surface area contributed by atoms with E-state index in [9.17, 15) is 8.78 Å². The van der Waals surface area contributed by atoms with Crippen molar-refractivity contribution < 1.29 is 8.78 Å². The molecule has 0 amide bonds. The molecule has 0 spiro atoms. The molecule has 0 saturated heterocycles. The molecule has 2 aromatic carbocycles. The summed E-state index contributed by atoms with van der Waals surface area (Å²) in [4.78, 5) is 1.85. The maximum atomic E-state index is 13.8. The van der Waals surface area contributed by atoms with Gasteiger partial charge in [-0.15, -0.1) is 0 Å². The summed E-state index contributed by atoms with van der Waals surface area (Å²) in [5.74, 6) is -0.461. The summed E-state index contributed by atoms with van der Waals surface area (Å²) in [6, 6.07) is 13.3. The fraction of sp³-hybridized carbons (Fsp3) is 0.294. The standard InChI is InChI=1S/C17H20F2N2/c1-20-16(13-7-3-4-8-14(13)18)11-12-21(2)17-10-6-5-9-15(17)19/h3-10,16,20H,11-12H2,1-2H3. The molecule has 0 bridgehead atoms. The minimum Gasteiger partial charge on any atom is -0.372 e. The van der Waals surface area contributed by atoms with Crippen molar-refractivity contribution in [2.75, 3.05) is 25.5 Å². The molecule has 0 aliphatic carbocycles. The average molecular weight is 290 g/mol. The van der Waals surface area contributed by atoms with Crippen LogP contribution in [0.5, 0.6) is 0 Å². The fourth-order valence-electron chi connectivity index (χ4n) is 2.42. The Morgan fingerprint density at radius 2 is 1.62 bits per heavy atom. The van der Waals surface area contributed by atoms with Gasteiger partial charge in [0.05, 0.1) is 5.69 Å². The smallest absolute Gasteiger partial charge is 0.146 e. The van der Waals surface area contributed by atoms with Crippen molar-refractivity contribution in [1.82, 2.24) is 5.32 Å². The van der Waals surface area contributed by atoms with Crippen LogP contribution in [0.25, 0.3) is 0 Å². The largest absolute Gasteiger partial charge is 0.372 e. The number of benzene rings is 2. The van der Waals surface area contributed by atoms with E-state index in [1.54, 1.807) is 37.4 Å².